The molecule has 1 radical (unpaired) electrons. The van der Waals surface area contributed by atoms with Crippen LogP contribution in [0, 0.1) is 0 Å². The van der Waals surface area contributed by atoms with Crippen molar-refractivity contribution in [1.29, 1.82) is 0 Å². The first-order chi connectivity index (χ1) is 2.89. The van der Waals surface area contributed by atoms with Crippen molar-refractivity contribution in [3.05, 3.63) is 0 Å². The van der Waals surface area contributed by atoms with Crippen LogP contribution < -0.4 is 0 Å². The zero-order valence-corrected chi connectivity index (χ0v) is 4.60. The van der Waals surface area contributed by atoms with E-state index in [0.29, 0.717) is 0 Å². The van der Waals surface area contributed by atoms with Crippen LogP contribution in [0.2, 0.25) is 0 Å². The zero-order chi connectivity index (χ0) is 4.41. The minimum absolute atomic E-state index is 0.764. The van der Waals surface area contributed by atoms with Gasteiger partial charge < -0.3 is 0 Å². The molecule has 0 aliphatic carbocycles. The molecule has 0 bridgehead atoms. The molecule has 1 rings (SSSR count). The van der Waals surface area contributed by atoms with Crippen molar-refractivity contribution in [2.24, 2.45) is 4.99 Å². The van der Waals surface area contributed by atoms with Gasteiger partial charge in [0, 0.05) is 0 Å². The Bertz CT molecular complexity index is 97.0. The van der Waals surface area contributed by atoms with Crippen molar-refractivity contribution in [3.8, 4) is 0 Å². The highest BCUT2D eigenvalue weighted by atomic mass is 32.2. The van der Waals surface area contributed by atoms with Gasteiger partial charge in [-0.1, -0.05) is 24.0 Å². The van der Waals surface area contributed by atoms with E-state index in [4.69, 9.17) is 0 Å². The fourth-order valence-electron chi connectivity index (χ4n) is 0.209. The summed E-state index contributed by atoms with van der Waals surface area (Å²) in [5, 5.41) is 0. The van der Waals surface area contributed by atoms with Crippen molar-refractivity contribution in [1.82, 2.24) is 0 Å². The lowest BCUT2D eigenvalue weighted by Crippen LogP contribution is -1.81. The van der Waals surface area contributed by atoms with E-state index >= 15 is 0 Å². The van der Waals surface area contributed by atoms with Crippen molar-refractivity contribution >= 4 is 34.5 Å². The number of aliphatic imine (C=N–C) groups is 1. The Morgan fingerprint density at radius 2 is 2.83 bits per heavy atom. The van der Waals surface area contributed by atoms with Crippen LogP contribution in [-0.4, -0.2) is 16.3 Å². The van der Waals surface area contributed by atoms with E-state index in [1.54, 1.807) is 0 Å². The third kappa shape index (κ3) is 0.786. The smallest absolute Gasteiger partial charge is 0.130 e. The molecule has 1 aliphatic rings. The summed E-state index contributed by atoms with van der Waals surface area (Å²) in [5.74, 6) is 0.856. The Hall–Kier alpha value is 0.110. The second-order valence-corrected chi connectivity index (χ2v) is 2.12. The zero-order valence-electron chi connectivity index (χ0n) is 2.97. The maximum Gasteiger partial charge on any atom is 0.130 e. The first kappa shape index (κ1) is 4.27. The molecule has 0 saturated heterocycles. The Balaban J connectivity index is 2.59. The summed E-state index contributed by atoms with van der Waals surface area (Å²) in [6.45, 7) is 0. The molecule has 0 spiro atoms. The highest BCUT2D eigenvalue weighted by Crippen LogP contribution is 2.04. The van der Waals surface area contributed by atoms with Gasteiger partial charge in [0.25, 0.3) is 0 Å². The Labute approximate surface area is 45.8 Å². The molecule has 3 heteroatoms. The predicted molar refractivity (Wildman–Crippen MR) is 32.5 cm³/mol. The van der Waals surface area contributed by atoms with Gasteiger partial charge in [0.1, 0.15) is 10.5 Å². The monoisotopic (exact) mass is 116 g/mol. The van der Waals surface area contributed by atoms with Gasteiger partial charge in [-0.25, -0.2) is 4.99 Å². The molecule has 0 aromatic rings. The van der Waals surface area contributed by atoms with Gasteiger partial charge in [0.05, 0.1) is 5.75 Å². The van der Waals surface area contributed by atoms with Crippen LogP contribution in [0.3, 0.4) is 0 Å². The normalized spacial score (nSPS) is 19.7. The SMILES string of the molecule is S=C1CS[C]=N1. The molecular formula is C3H2NS2. The number of rotatable bonds is 0. The third-order valence-electron chi connectivity index (χ3n) is 0.431. The number of thioether (sulfide) groups is 1. The van der Waals surface area contributed by atoms with Crippen molar-refractivity contribution in [2.75, 3.05) is 5.75 Å². The molecule has 0 amide bonds. The molecule has 0 N–H and O–H groups in total. The van der Waals surface area contributed by atoms with Gasteiger partial charge in [-0.05, 0) is 0 Å². The Kier molecular flexibility index (Phi) is 1.22. The summed E-state index contributed by atoms with van der Waals surface area (Å²) in [4.78, 5) is 4.44. The second-order valence-electron chi connectivity index (χ2n) is 0.886. The Morgan fingerprint density at radius 3 is 3.00 bits per heavy atom. The topological polar surface area (TPSA) is 12.4 Å². The van der Waals surface area contributed by atoms with E-state index in [1.165, 1.54) is 11.8 Å². The third-order valence-corrected chi connectivity index (χ3v) is 1.49. The molecule has 0 atom stereocenters. The van der Waals surface area contributed by atoms with E-state index in [1.807, 2.05) is 0 Å². The van der Waals surface area contributed by atoms with Crippen LogP contribution in [0.1, 0.15) is 0 Å². The minimum atomic E-state index is 0.764. The number of hydrogen-bond donors (Lipinski definition) is 0. The molecule has 6 heavy (non-hydrogen) atoms. The molecule has 0 aromatic heterocycles. The predicted octanol–water partition coefficient (Wildman–Crippen LogP) is 0.966. The van der Waals surface area contributed by atoms with Gasteiger partial charge in [0.15, 0.2) is 0 Å². The van der Waals surface area contributed by atoms with E-state index in [9.17, 15) is 0 Å². The van der Waals surface area contributed by atoms with Crippen LogP contribution >= 0.6 is 24.0 Å². The van der Waals surface area contributed by atoms with Gasteiger partial charge >= 0.3 is 0 Å². The van der Waals surface area contributed by atoms with Gasteiger partial charge in [-0.2, -0.15) is 0 Å². The molecular weight excluding hydrogens is 114 g/mol. The minimum Gasteiger partial charge on any atom is -0.231 e. The highest BCUT2D eigenvalue weighted by molar-refractivity contribution is 8.13. The molecule has 0 fully saturated rings. The van der Waals surface area contributed by atoms with Crippen molar-refractivity contribution in [3.63, 3.8) is 0 Å². The maximum absolute atomic E-state index is 4.67. The quantitative estimate of drug-likeness (QED) is 0.437. The largest absolute Gasteiger partial charge is 0.231 e. The fourth-order valence-corrected chi connectivity index (χ4v) is 0.917. The highest BCUT2D eigenvalue weighted by Gasteiger charge is 1.97. The van der Waals surface area contributed by atoms with Gasteiger partial charge in [-0.15, -0.1) is 0 Å². The molecule has 0 unspecified atom stereocenters. The Morgan fingerprint density at radius 1 is 2.00 bits per heavy atom. The first-order valence-electron chi connectivity index (χ1n) is 1.50. The van der Waals surface area contributed by atoms with Crippen molar-refractivity contribution < 1.29 is 0 Å². The average molecular weight is 116 g/mol. The summed E-state index contributed by atoms with van der Waals surface area (Å²) in [7, 11) is 0. The van der Waals surface area contributed by atoms with E-state index < -0.39 is 0 Å². The first-order valence-corrected chi connectivity index (χ1v) is 2.89. The lowest BCUT2D eigenvalue weighted by Gasteiger charge is -1.72. The van der Waals surface area contributed by atoms with Crippen LogP contribution in [0.25, 0.3) is 0 Å². The second kappa shape index (κ2) is 1.71. The van der Waals surface area contributed by atoms with Gasteiger partial charge in [0.2, 0.25) is 0 Å². The summed E-state index contributed by atoms with van der Waals surface area (Å²) in [6.07, 6.45) is 0. The maximum atomic E-state index is 4.67. The number of thiocarbonyl (C=S) groups is 1. The van der Waals surface area contributed by atoms with Crippen LogP contribution in [0.15, 0.2) is 4.99 Å². The fraction of sp³-hybridized carbons (Fsp3) is 0.333. The van der Waals surface area contributed by atoms with Crippen LogP contribution in [-0.2, 0) is 0 Å². The summed E-state index contributed by atoms with van der Waals surface area (Å²) >= 11 is 6.19. The molecule has 31 valence electrons. The van der Waals surface area contributed by atoms with Crippen LogP contribution in [0.4, 0.5) is 0 Å². The molecule has 1 aliphatic heterocycles. The van der Waals surface area contributed by atoms with Crippen LogP contribution in [0.5, 0.6) is 0 Å². The standard InChI is InChI=1S/C3H2NS2/c5-3-1-6-2-4-3/h1H2. The molecule has 0 aromatic carbocycles. The van der Waals surface area contributed by atoms with Gasteiger partial charge in [-0.3, -0.25) is 0 Å². The molecule has 1 nitrogen and oxygen atoms in total. The lowest BCUT2D eigenvalue weighted by molar-refractivity contribution is 1.78. The lowest BCUT2D eigenvalue weighted by atomic mass is 10.8. The summed E-state index contributed by atoms with van der Waals surface area (Å²) in [5.41, 5.74) is 2.67. The number of nitrogens with zero attached hydrogens (tertiary/aromatic N) is 1. The number of hydrogen-bond acceptors (Lipinski definition) is 2. The summed E-state index contributed by atoms with van der Waals surface area (Å²) in [6, 6.07) is 0. The molecule has 1 heterocycles. The summed E-state index contributed by atoms with van der Waals surface area (Å²) < 4.78 is 0. The van der Waals surface area contributed by atoms with Crippen molar-refractivity contribution in [2.45, 2.75) is 0 Å². The van der Waals surface area contributed by atoms with E-state index in [2.05, 4.69) is 22.8 Å². The molecule has 0 saturated carbocycles. The van der Waals surface area contributed by atoms with E-state index in [-0.39, 0.29) is 0 Å². The van der Waals surface area contributed by atoms with E-state index in [0.717, 1.165) is 10.7 Å². The average Bonchev–Trinajstić information content (AvgIpc) is 1.86.